The minimum absolute atomic E-state index is 0.159. The summed E-state index contributed by atoms with van der Waals surface area (Å²) >= 11 is 0. The lowest BCUT2D eigenvalue weighted by atomic mass is 9.85. The minimum atomic E-state index is -0.159. The van der Waals surface area contributed by atoms with E-state index in [1.165, 1.54) is 12.8 Å². The Morgan fingerprint density at radius 2 is 1.29 bits per heavy atom. The molecule has 0 saturated heterocycles. The van der Waals surface area contributed by atoms with Gasteiger partial charge in [-0.1, -0.05) is 40.5 Å². The lowest BCUT2D eigenvalue weighted by Gasteiger charge is -2.26. The van der Waals surface area contributed by atoms with E-state index in [1.807, 2.05) is 0 Å². The van der Waals surface area contributed by atoms with E-state index in [4.69, 9.17) is 19.5 Å². The van der Waals surface area contributed by atoms with Gasteiger partial charge in [-0.05, 0) is 24.7 Å². The molecule has 1 fully saturated rings. The number of ether oxygens (including phenoxy) is 2. The van der Waals surface area contributed by atoms with Gasteiger partial charge >= 0.3 is 0 Å². The molecule has 0 spiro atoms. The standard InChI is InChI=1S/C17H28N2O2/c1-11(2)13-9-20-15(18-13)17(7-5-6-8-17)16-19-14(10-21-16)12(3)4/h11-14H,5-10H2,1-4H3. The largest absolute Gasteiger partial charge is 0.478 e. The molecular weight excluding hydrogens is 264 g/mol. The third-order valence-corrected chi connectivity index (χ3v) is 5.16. The SMILES string of the molecule is CC(C)C1COC(C2(C3=NC(C(C)C)CO3)CCCC2)=N1. The molecule has 2 heterocycles. The average Bonchev–Trinajstić information content (AvgIpc) is 3.18. The Balaban J connectivity index is 1.88. The molecule has 2 unspecified atom stereocenters. The van der Waals surface area contributed by atoms with Crippen LogP contribution >= 0.6 is 0 Å². The summed E-state index contributed by atoms with van der Waals surface area (Å²) in [6.07, 6.45) is 4.56. The predicted molar refractivity (Wildman–Crippen MR) is 84.9 cm³/mol. The third kappa shape index (κ3) is 2.58. The van der Waals surface area contributed by atoms with Crippen LogP contribution in [0.3, 0.4) is 0 Å². The Hall–Kier alpha value is -1.06. The van der Waals surface area contributed by atoms with Gasteiger partial charge in [0.15, 0.2) is 11.8 Å². The summed E-state index contributed by atoms with van der Waals surface area (Å²) in [4.78, 5) is 9.78. The number of nitrogens with zero attached hydrogens (tertiary/aromatic N) is 2. The monoisotopic (exact) mass is 292 g/mol. The van der Waals surface area contributed by atoms with E-state index in [-0.39, 0.29) is 5.41 Å². The molecule has 0 aromatic carbocycles. The summed E-state index contributed by atoms with van der Waals surface area (Å²) in [5.74, 6) is 2.86. The fourth-order valence-electron chi connectivity index (χ4n) is 3.48. The average molecular weight is 292 g/mol. The highest BCUT2D eigenvalue weighted by molar-refractivity contribution is 6.06. The molecule has 0 amide bonds. The van der Waals surface area contributed by atoms with Gasteiger partial charge in [0.05, 0.1) is 12.1 Å². The van der Waals surface area contributed by atoms with Crippen LogP contribution in [0.15, 0.2) is 9.98 Å². The fourth-order valence-corrected chi connectivity index (χ4v) is 3.48. The molecule has 0 N–H and O–H groups in total. The number of rotatable bonds is 4. The van der Waals surface area contributed by atoms with Crippen LogP contribution in [0.2, 0.25) is 0 Å². The summed E-state index contributed by atoms with van der Waals surface area (Å²) in [5.41, 5.74) is -0.159. The zero-order valence-corrected chi connectivity index (χ0v) is 13.8. The van der Waals surface area contributed by atoms with Gasteiger partial charge in [-0.3, -0.25) is 0 Å². The molecule has 0 radical (unpaired) electrons. The van der Waals surface area contributed by atoms with E-state index in [2.05, 4.69) is 27.7 Å². The number of aliphatic imine (C=N–C) groups is 2. The molecule has 4 nitrogen and oxygen atoms in total. The Bertz CT molecular complexity index is 412. The highest BCUT2D eigenvalue weighted by Crippen LogP contribution is 2.44. The second-order valence-corrected chi connectivity index (χ2v) is 7.40. The first kappa shape index (κ1) is 14.9. The quantitative estimate of drug-likeness (QED) is 0.796. The molecule has 1 aliphatic carbocycles. The van der Waals surface area contributed by atoms with Crippen molar-refractivity contribution < 1.29 is 9.47 Å². The van der Waals surface area contributed by atoms with Crippen LogP contribution in [-0.4, -0.2) is 37.1 Å². The molecule has 4 heteroatoms. The molecule has 0 aromatic rings. The molecule has 1 saturated carbocycles. The highest BCUT2D eigenvalue weighted by atomic mass is 16.5. The van der Waals surface area contributed by atoms with E-state index in [1.54, 1.807) is 0 Å². The first-order chi connectivity index (χ1) is 10.0. The van der Waals surface area contributed by atoms with Crippen LogP contribution in [0, 0.1) is 17.3 Å². The van der Waals surface area contributed by atoms with Crippen LogP contribution in [-0.2, 0) is 9.47 Å². The van der Waals surface area contributed by atoms with E-state index in [0.717, 1.165) is 37.9 Å². The van der Waals surface area contributed by atoms with Crippen molar-refractivity contribution in [2.24, 2.45) is 27.2 Å². The summed E-state index contributed by atoms with van der Waals surface area (Å²) in [6, 6.07) is 0.584. The van der Waals surface area contributed by atoms with Crippen molar-refractivity contribution in [3.05, 3.63) is 0 Å². The van der Waals surface area contributed by atoms with E-state index < -0.39 is 0 Å². The van der Waals surface area contributed by atoms with Gasteiger partial charge in [0, 0.05) is 0 Å². The molecule has 3 aliphatic rings. The molecule has 2 aliphatic heterocycles. The van der Waals surface area contributed by atoms with E-state index in [0.29, 0.717) is 23.9 Å². The zero-order chi connectivity index (χ0) is 15.0. The summed E-state index contributed by atoms with van der Waals surface area (Å²) in [5, 5.41) is 0. The van der Waals surface area contributed by atoms with Crippen LogP contribution in [0.4, 0.5) is 0 Å². The molecular formula is C17H28N2O2. The van der Waals surface area contributed by atoms with E-state index >= 15 is 0 Å². The molecule has 3 rings (SSSR count). The van der Waals surface area contributed by atoms with Crippen molar-refractivity contribution in [2.45, 2.75) is 65.5 Å². The maximum atomic E-state index is 6.01. The van der Waals surface area contributed by atoms with Gasteiger partial charge in [-0.15, -0.1) is 0 Å². The summed E-state index contributed by atoms with van der Waals surface area (Å²) in [7, 11) is 0. The van der Waals surface area contributed by atoms with Crippen molar-refractivity contribution in [1.82, 2.24) is 0 Å². The van der Waals surface area contributed by atoms with Crippen LogP contribution in [0.25, 0.3) is 0 Å². The summed E-state index contributed by atoms with van der Waals surface area (Å²) in [6.45, 7) is 10.3. The molecule has 21 heavy (non-hydrogen) atoms. The Kier molecular flexibility index (Phi) is 3.98. The van der Waals surface area contributed by atoms with Gasteiger partial charge in [-0.2, -0.15) is 0 Å². The normalized spacial score (nSPS) is 31.3. The maximum Gasteiger partial charge on any atom is 0.199 e. The van der Waals surface area contributed by atoms with Gasteiger partial charge in [-0.25, -0.2) is 9.98 Å². The van der Waals surface area contributed by atoms with Gasteiger partial charge in [0.1, 0.15) is 18.6 Å². The Morgan fingerprint density at radius 1 is 0.857 bits per heavy atom. The lowest BCUT2D eigenvalue weighted by molar-refractivity contribution is 0.239. The van der Waals surface area contributed by atoms with Crippen molar-refractivity contribution in [1.29, 1.82) is 0 Å². The smallest absolute Gasteiger partial charge is 0.199 e. The first-order valence-electron chi connectivity index (χ1n) is 8.45. The predicted octanol–water partition coefficient (Wildman–Crippen LogP) is 3.45. The number of hydrogen-bond donors (Lipinski definition) is 0. The van der Waals surface area contributed by atoms with Crippen molar-refractivity contribution in [3.63, 3.8) is 0 Å². The Labute approximate surface area is 128 Å². The highest BCUT2D eigenvalue weighted by Gasteiger charge is 2.50. The topological polar surface area (TPSA) is 43.2 Å². The van der Waals surface area contributed by atoms with Crippen LogP contribution < -0.4 is 0 Å². The van der Waals surface area contributed by atoms with E-state index in [9.17, 15) is 0 Å². The number of hydrogen-bond acceptors (Lipinski definition) is 4. The molecule has 0 aromatic heterocycles. The molecule has 0 bridgehead atoms. The van der Waals surface area contributed by atoms with Gasteiger partial charge in [0.2, 0.25) is 0 Å². The zero-order valence-electron chi connectivity index (χ0n) is 13.8. The second-order valence-electron chi connectivity index (χ2n) is 7.40. The molecule has 118 valence electrons. The van der Waals surface area contributed by atoms with Gasteiger partial charge < -0.3 is 9.47 Å². The second kappa shape index (κ2) is 5.62. The Morgan fingerprint density at radius 3 is 1.62 bits per heavy atom. The first-order valence-corrected chi connectivity index (χ1v) is 8.45. The molecule has 2 atom stereocenters. The van der Waals surface area contributed by atoms with Crippen molar-refractivity contribution >= 4 is 11.8 Å². The van der Waals surface area contributed by atoms with Crippen LogP contribution in [0.1, 0.15) is 53.4 Å². The lowest BCUT2D eigenvalue weighted by Crippen LogP contribution is -2.37. The van der Waals surface area contributed by atoms with Gasteiger partial charge in [0.25, 0.3) is 0 Å². The maximum absolute atomic E-state index is 6.01. The minimum Gasteiger partial charge on any atom is -0.478 e. The van der Waals surface area contributed by atoms with Crippen LogP contribution in [0.5, 0.6) is 0 Å². The fraction of sp³-hybridized carbons (Fsp3) is 0.882. The van der Waals surface area contributed by atoms with Crippen molar-refractivity contribution in [3.8, 4) is 0 Å². The summed E-state index contributed by atoms with van der Waals surface area (Å²) < 4.78 is 12.0. The van der Waals surface area contributed by atoms with Crippen molar-refractivity contribution in [2.75, 3.05) is 13.2 Å². The third-order valence-electron chi connectivity index (χ3n) is 5.16.